The Bertz CT molecular complexity index is 1070. The summed E-state index contributed by atoms with van der Waals surface area (Å²) in [5.41, 5.74) is -0.399. The van der Waals surface area contributed by atoms with Crippen LogP contribution in [-0.2, 0) is 16.0 Å². The quantitative estimate of drug-likeness (QED) is 0.434. The maximum Gasteiger partial charge on any atom is 0.311 e. The molecule has 162 valence electrons. The minimum Gasteiger partial charge on any atom is -0.490 e. The first-order chi connectivity index (χ1) is 14.7. The zero-order valence-electron chi connectivity index (χ0n) is 17.3. The number of hydrogen-bond acceptors (Lipinski definition) is 5. The summed E-state index contributed by atoms with van der Waals surface area (Å²) in [5.74, 6) is -1.23. The summed E-state index contributed by atoms with van der Waals surface area (Å²) in [6, 6.07) is 10.1. The van der Waals surface area contributed by atoms with Crippen LogP contribution < -0.4 is 10.1 Å². The van der Waals surface area contributed by atoms with E-state index in [0.29, 0.717) is 17.5 Å². The summed E-state index contributed by atoms with van der Waals surface area (Å²) in [6.45, 7) is 1.79. The number of nitro groups is 1. The van der Waals surface area contributed by atoms with Crippen LogP contribution in [0.25, 0.3) is 6.08 Å². The number of carbonyl (C=O) groups is 2. The molecule has 1 saturated heterocycles. The van der Waals surface area contributed by atoms with Crippen LogP contribution in [0.3, 0.4) is 0 Å². The zero-order valence-corrected chi connectivity index (χ0v) is 17.3. The Labute approximate surface area is 178 Å². The Hall–Kier alpha value is -3.75. The van der Waals surface area contributed by atoms with Crippen LogP contribution in [0.5, 0.6) is 5.75 Å². The van der Waals surface area contributed by atoms with Gasteiger partial charge in [-0.05, 0) is 30.2 Å². The number of nitro benzene ring substituents is 1. The van der Waals surface area contributed by atoms with Crippen molar-refractivity contribution in [2.24, 2.45) is 0 Å². The Morgan fingerprint density at radius 3 is 2.48 bits per heavy atom. The number of nitrogens with one attached hydrogen (secondary N) is 1. The van der Waals surface area contributed by atoms with E-state index in [0.717, 1.165) is 0 Å². The minimum atomic E-state index is -1.19. The first-order valence-electron chi connectivity index (χ1n) is 9.60. The number of likely N-dealkylation sites (N-methyl/N-ethyl adjacent to an activating group) is 1. The number of nitrogens with zero attached hydrogens (tertiary/aromatic N) is 2. The lowest BCUT2D eigenvalue weighted by atomic mass is 9.84. The molecule has 0 bridgehead atoms. The van der Waals surface area contributed by atoms with E-state index in [1.807, 2.05) is 0 Å². The number of halogens is 1. The maximum absolute atomic E-state index is 13.3. The Balaban J connectivity index is 1.98. The third kappa shape index (κ3) is 4.11. The summed E-state index contributed by atoms with van der Waals surface area (Å²) in [5, 5.41) is 14.1. The number of amides is 2. The van der Waals surface area contributed by atoms with Gasteiger partial charge in [-0.2, -0.15) is 0 Å². The molecule has 3 rings (SSSR count). The van der Waals surface area contributed by atoms with Crippen molar-refractivity contribution in [2.45, 2.75) is 25.3 Å². The highest BCUT2D eigenvalue weighted by Crippen LogP contribution is 2.34. The molecule has 1 N–H and O–H groups in total. The van der Waals surface area contributed by atoms with Crippen molar-refractivity contribution in [3.8, 4) is 5.75 Å². The molecule has 0 aliphatic carbocycles. The van der Waals surface area contributed by atoms with Gasteiger partial charge in [0.15, 0.2) is 0 Å². The molecule has 1 aliphatic rings. The van der Waals surface area contributed by atoms with Gasteiger partial charge in [0.25, 0.3) is 11.8 Å². The predicted molar refractivity (Wildman–Crippen MR) is 112 cm³/mol. The van der Waals surface area contributed by atoms with Crippen molar-refractivity contribution in [1.82, 2.24) is 10.2 Å². The van der Waals surface area contributed by atoms with Crippen LogP contribution in [0.1, 0.15) is 24.5 Å². The molecular weight excluding hydrogens is 405 g/mol. The van der Waals surface area contributed by atoms with Crippen molar-refractivity contribution in [2.75, 3.05) is 14.2 Å². The lowest BCUT2D eigenvalue weighted by Gasteiger charge is -2.41. The fraction of sp³-hybridized carbons (Fsp3) is 0.273. The van der Waals surface area contributed by atoms with Crippen LogP contribution in [-0.4, -0.2) is 41.3 Å². The van der Waals surface area contributed by atoms with Crippen LogP contribution in [0.15, 0.2) is 48.2 Å². The van der Waals surface area contributed by atoms with Gasteiger partial charge >= 0.3 is 5.69 Å². The van der Waals surface area contributed by atoms with Crippen molar-refractivity contribution in [1.29, 1.82) is 0 Å². The number of methoxy groups -OCH3 is 1. The average Bonchev–Trinajstić information content (AvgIpc) is 2.76. The Morgan fingerprint density at radius 1 is 1.23 bits per heavy atom. The van der Waals surface area contributed by atoms with Gasteiger partial charge in [-0.25, -0.2) is 4.39 Å². The monoisotopic (exact) mass is 427 g/mol. The van der Waals surface area contributed by atoms with E-state index >= 15 is 0 Å². The number of hydrogen-bond donors (Lipinski definition) is 1. The summed E-state index contributed by atoms with van der Waals surface area (Å²) < 4.78 is 18.4. The number of rotatable bonds is 6. The van der Waals surface area contributed by atoms with Gasteiger partial charge in [0.05, 0.1) is 12.0 Å². The van der Waals surface area contributed by atoms with Gasteiger partial charge in [0.2, 0.25) is 5.75 Å². The predicted octanol–water partition coefficient (Wildman–Crippen LogP) is 3.06. The van der Waals surface area contributed by atoms with Crippen LogP contribution in [0, 0.1) is 15.9 Å². The van der Waals surface area contributed by atoms with Crippen molar-refractivity contribution >= 4 is 23.6 Å². The molecular formula is C22H22FN3O5. The molecule has 8 nitrogen and oxygen atoms in total. The zero-order chi connectivity index (χ0) is 22.8. The fourth-order valence-electron chi connectivity index (χ4n) is 3.68. The van der Waals surface area contributed by atoms with Gasteiger partial charge in [-0.15, -0.1) is 0 Å². The second-order valence-electron chi connectivity index (χ2n) is 7.24. The summed E-state index contributed by atoms with van der Waals surface area (Å²) >= 11 is 0. The maximum atomic E-state index is 13.3. The SMILES string of the molecule is CCC1(Cc2ccc(F)cc2)NC(=O)/C(=C/c2cccc([N+](=O)[O-])c2OC)N(C)C1=O. The van der Waals surface area contributed by atoms with E-state index in [1.165, 1.54) is 49.4 Å². The standard InChI is InChI=1S/C22H22FN3O5/c1-4-22(13-14-8-10-16(23)11-9-14)21(28)25(2)18(20(27)24-22)12-15-6-5-7-17(26(29)30)19(15)31-3/h5-12H,4,13H2,1-3H3,(H,24,27)/b18-12-. The summed E-state index contributed by atoms with van der Waals surface area (Å²) in [6.07, 6.45) is 1.91. The Kier molecular flexibility index (Phi) is 6.05. The van der Waals surface area contributed by atoms with Gasteiger partial charge in [0.1, 0.15) is 17.1 Å². The largest absolute Gasteiger partial charge is 0.490 e. The number of carbonyl (C=O) groups excluding carboxylic acids is 2. The van der Waals surface area contributed by atoms with Crippen molar-refractivity contribution in [3.05, 3.63) is 75.2 Å². The normalized spacial score (nSPS) is 20.0. The molecule has 1 aliphatic heterocycles. The first kappa shape index (κ1) is 21.9. The molecule has 0 saturated carbocycles. The second-order valence-corrected chi connectivity index (χ2v) is 7.24. The van der Waals surface area contributed by atoms with Crippen molar-refractivity contribution in [3.63, 3.8) is 0 Å². The Morgan fingerprint density at radius 2 is 1.90 bits per heavy atom. The van der Waals surface area contributed by atoms with Crippen LogP contribution >= 0.6 is 0 Å². The topological polar surface area (TPSA) is 102 Å². The average molecular weight is 427 g/mol. The molecule has 1 atom stereocenters. The number of ether oxygens (including phenoxy) is 1. The molecule has 0 aromatic heterocycles. The summed E-state index contributed by atoms with van der Waals surface area (Å²) in [7, 11) is 2.77. The highest BCUT2D eigenvalue weighted by Gasteiger charge is 2.46. The molecule has 2 amide bonds. The lowest BCUT2D eigenvalue weighted by Crippen LogP contribution is -2.65. The van der Waals surface area contributed by atoms with E-state index < -0.39 is 16.4 Å². The fourth-order valence-corrected chi connectivity index (χ4v) is 3.68. The molecule has 1 unspecified atom stereocenters. The minimum absolute atomic E-state index is 0.00714. The third-order valence-electron chi connectivity index (χ3n) is 5.40. The second kappa shape index (κ2) is 8.55. The molecule has 2 aromatic rings. The third-order valence-corrected chi connectivity index (χ3v) is 5.40. The molecule has 2 aromatic carbocycles. The van der Waals surface area contributed by atoms with Gasteiger partial charge < -0.3 is 15.0 Å². The van der Waals surface area contributed by atoms with E-state index in [-0.39, 0.29) is 35.3 Å². The van der Waals surface area contributed by atoms with E-state index in [2.05, 4.69) is 5.32 Å². The molecule has 1 heterocycles. The summed E-state index contributed by atoms with van der Waals surface area (Å²) in [4.78, 5) is 38.2. The molecule has 1 fully saturated rings. The highest BCUT2D eigenvalue weighted by molar-refractivity contribution is 6.09. The van der Waals surface area contributed by atoms with Crippen molar-refractivity contribution < 1.29 is 23.6 Å². The van der Waals surface area contributed by atoms with Crippen LogP contribution in [0.4, 0.5) is 10.1 Å². The lowest BCUT2D eigenvalue weighted by molar-refractivity contribution is -0.385. The molecule has 31 heavy (non-hydrogen) atoms. The highest BCUT2D eigenvalue weighted by atomic mass is 19.1. The van der Waals surface area contributed by atoms with E-state index in [1.54, 1.807) is 25.1 Å². The molecule has 9 heteroatoms. The molecule has 0 spiro atoms. The number of benzene rings is 2. The molecule has 0 radical (unpaired) electrons. The number of piperazine rings is 1. The smallest absolute Gasteiger partial charge is 0.311 e. The van der Waals surface area contributed by atoms with Gasteiger partial charge in [-0.3, -0.25) is 19.7 Å². The van der Waals surface area contributed by atoms with Gasteiger partial charge in [-0.1, -0.05) is 31.2 Å². The number of para-hydroxylation sites is 1. The first-order valence-corrected chi connectivity index (χ1v) is 9.60. The van der Waals surface area contributed by atoms with E-state index in [9.17, 15) is 24.1 Å². The van der Waals surface area contributed by atoms with Gasteiger partial charge in [0, 0.05) is 25.1 Å². The van der Waals surface area contributed by atoms with Crippen LogP contribution in [0.2, 0.25) is 0 Å². The van der Waals surface area contributed by atoms with E-state index in [4.69, 9.17) is 4.74 Å².